The van der Waals surface area contributed by atoms with Crippen molar-refractivity contribution in [1.82, 2.24) is 25.3 Å². The molecule has 2 rings (SSSR count). The first-order valence-corrected chi connectivity index (χ1v) is 5.09. The fourth-order valence-electron chi connectivity index (χ4n) is 1.27. The summed E-state index contributed by atoms with van der Waals surface area (Å²) in [5.41, 5.74) is 5.62. The van der Waals surface area contributed by atoms with Gasteiger partial charge in [0.05, 0.1) is 12.4 Å². The topological polar surface area (TPSA) is 110 Å². The van der Waals surface area contributed by atoms with Gasteiger partial charge >= 0.3 is 0 Å². The van der Waals surface area contributed by atoms with Gasteiger partial charge in [-0.3, -0.25) is 4.79 Å². The fourth-order valence-corrected chi connectivity index (χ4v) is 1.27. The van der Waals surface area contributed by atoms with Crippen LogP contribution in [-0.2, 0) is 6.42 Å². The van der Waals surface area contributed by atoms with Gasteiger partial charge in [0.15, 0.2) is 0 Å². The van der Waals surface area contributed by atoms with Gasteiger partial charge in [0.25, 0.3) is 5.91 Å². The number of amides is 1. The summed E-state index contributed by atoms with van der Waals surface area (Å²) < 4.78 is 0. The van der Waals surface area contributed by atoms with Crippen LogP contribution in [0.5, 0.6) is 0 Å². The Morgan fingerprint density at radius 2 is 2.24 bits per heavy atom. The molecule has 7 heteroatoms. The number of nitrogens with zero attached hydrogens (tertiary/aromatic N) is 3. The van der Waals surface area contributed by atoms with E-state index in [-0.39, 0.29) is 17.4 Å². The predicted molar refractivity (Wildman–Crippen MR) is 61.1 cm³/mol. The van der Waals surface area contributed by atoms with Crippen LogP contribution < -0.4 is 11.1 Å². The van der Waals surface area contributed by atoms with Crippen molar-refractivity contribution in [3.05, 3.63) is 36.3 Å². The van der Waals surface area contributed by atoms with E-state index in [0.717, 1.165) is 5.82 Å². The standard InChI is InChI=1S/C10H12N6O/c11-8-6-15-7(5-16-8)10(17)14-2-1-9-12-3-4-13-9/h3-6H,1-2H2,(H2,11,16)(H,12,13)(H,14,17). The van der Waals surface area contributed by atoms with Crippen molar-refractivity contribution in [2.24, 2.45) is 0 Å². The highest BCUT2D eigenvalue weighted by molar-refractivity contribution is 5.91. The van der Waals surface area contributed by atoms with Crippen molar-refractivity contribution in [1.29, 1.82) is 0 Å². The van der Waals surface area contributed by atoms with Crippen LogP contribution in [0.25, 0.3) is 0 Å². The Bertz CT molecular complexity index is 478. The number of nitrogens with one attached hydrogen (secondary N) is 2. The number of anilines is 1. The third kappa shape index (κ3) is 3.00. The summed E-state index contributed by atoms with van der Waals surface area (Å²) in [7, 11) is 0. The zero-order valence-corrected chi connectivity index (χ0v) is 9.05. The summed E-state index contributed by atoms with van der Waals surface area (Å²) in [6, 6.07) is 0. The minimum atomic E-state index is -0.274. The zero-order valence-electron chi connectivity index (χ0n) is 9.05. The van der Waals surface area contributed by atoms with Crippen LogP contribution in [0.2, 0.25) is 0 Å². The van der Waals surface area contributed by atoms with E-state index in [2.05, 4.69) is 25.3 Å². The molecule has 0 saturated carbocycles. The van der Waals surface area contributed by atoms with Gasteiger partial charge in [0.1, 0.15) is 17.3 Å². The van der Waals surface area contributed by atoms with E-state index in [4.69, 9.17) is 5.73 Å². The maximum atomic E-state index is 11.6. The van der Waals surface area contributed by atoms with E-state index in [1.807, 2.05) is 0 Å². The minimum absolute atomic E-state index is 0.249. The van der Waals surface area contributed by atoms with Crippen molar-refractivity contribution < 1.29 is 4.79 Å². The van der Waals surface area contributed by atoms with E-state index in [0.29, 0.717) is 13.0 Å². The van der Waals surface area contributed by atoms with Gasteiger partial charge in [-0.05, 0) is 0 Å². The third-order valence-corrected chi connectivity index (χ3v) is 2.11. The first-order chi connectivity index (χ1) is 8.25. The number of carbonyl (C=O) groups excluding carboxylic acids is 1. The number of imidazole rings is 1. The molecule has 1 amide bonds. The first-order valence-electron chi connectivity index (χ1n) is 5.09. The molecule has 0 aliphatic rings. The van der Waals surface area contributed by atoms with Crippen LogP contribution in [0, 0.1) is 0 Å². The van der Waals surface area contributed by atoms with E-state index >= 15 is 0 Å². The number of H-pyrrole nitrogens is 1. The fraction of sp³-hybridized carbons (Fsp3) is 0.200. The number of hydrogen-bond donors (Lipinski definition) is 3. The molecular formula is C10H12N6O. The van der Waals surface area contributed by atoms with Crippen molar-refractivity contribution in [3.63, 3.8) is 0 Å². The zero-order chi connectivity index (χ0) is 12.1. The van der Waals surface area contributed by atoms with E-state index in [1.165, 1.54) is 12.4 Å². The van der Waals surface area contributed by atoms with Crippen LogP contribution in [0.3, 0.4) is 0 Å². The molecule has 0 atom stereocenters. The van der Waals surface area contributed by atoms with Crippen LogP contribution in [0.15, 0.2) is 24.8 Å². The second kappa shape index (κ2) is 5.06. The van der Waals surface area contributed by atoms with Gasteiger partial charge in [-0.25, -0.2) is 15.0 Å². The molecule has 0 saturated heterocycles. The molecule has 2 aromatic heterocycles. The Labute approximate surface area is 97.5 Å². The van der Waals surface area contributed by atoms with Gasteiger partial charge in [-0.1, -0.05) is 0 Å². The lowest BCUT2D eigenvalue weighted by molar-refractivity contribution is 0.0948. The molecule has 0 aliphatic carbocycles. The number of carbonyl (C=O) groups is 1. The average Bonchev–Trinajstić information content (AvgIpc) is 2.83. The summed E-state index contributed by atoms with van der Waals surface area (Å²) in [5, 5.41) is 2.71. The number of rotatable bonds is 4. The van der Waals surface area contributed by atoms with Gasteiger partial charge in [-0.2, -0.15) is 0 Å². The predicted octanol–water partition coefficient (Wildman–Crippen LogP) is -0.246. The Balaban J connectivity index is 1.83. The van der Waals surface area contributed by atoms with Crippen LogP contribution in [0.4, 0.5) is 5.82 Å². The average molecular weight is 232 g/mol. The van der Waals surface area contributed by atoms with Crippen molar-refractivity contribution in [2.75, 3.05) is 12.3 Å². The highest BCUT2D eigenvalue weighted by atomic mass is 16.1. The normalized spacial score (nSPS) is 10.1. The molecule has 0 spiro atoms. The Hall–Kier alpha value is -2.44. The molecule has 2 heterocycles. The van der Waals surface area contributed by atoms with Gasteiger partial charge < -0.3 is 16.0 Å². The summed E-state index contributed by atoms with van der Waals surface area (Å²) >= 11 is 0. The lowest BCUT2D eigenvalue weighted by Gasteiger charge is -2.02. The van der Waals surface area contributed by atoms with Gasteiger partial charge in [-0.15, -0.1) is 0 Å². The highest BCUT2D eigenvalue weighted by Crippen LogP contribution is 1.96. The first kappa shape index (κ1) is 11.1. The molecule has 0 aliphatic heterocycles. The van der Waals surface area contributed by atoms with E-state index in [1.54, 1.807) is 12.4 Å². The van der Waals surface area contributed by atoms with Crippen LogP contribution in [-0.4, -0.2) is 32.4 Å². The maximum Gasteiger partial charge on any atom is 0.271 e. The summed E-state index contributed by atoms with van der Waals surface area (Å²) in [6.07, 6.45) is 6.74. The molecule has 88 valence electrons. The second-order valence-corrected chi connectivity index (χ2v) is 3.37. The number of nitrogen functional groups attached to an aromatic ring is 1. The smallest absolute Gasteiger partial charge is 0.271 e. The summed E-state index contributed by atoms with van der Waals surface area (Å²) in [6.45, 7) is 0.485. The van der Waals surface area contributed by atoms with Crippen LogP contribution >= 0.6 is 0 Å². The molecule has 0 bridgehead atoms. The molecule has 2 aromatic rings. The van der Waals surface area contributed by atoms with E-state index < -0.39 is 0 Å². The molecule has 4 N–H and O–H groups in total. The Kier molecular flexibility index (Phi) is 3.29. The van der Waals surface area contributed by atoms with Crippen molar-refractivity contribution in [3.8, 4) is 0 Å². The highest BCUT2D eigenvalue weighted by Gasteiger charge is 2.06. The maximum absolute atomic E-state index is 11.6. The lowest BCUT2D eigenvalue weighted by atomic mass is 10.3. The number of aromatic amines is 1. The number of hydrogen-bond acceptors (Lipinski definition) is 5. The molecule has 0 aromatic carbocycles. The summed E-state index contributed by atoms with van der Waals surface area (Å²) in [5.74, 6) is 0.842. The van der Waals surface area contributed by atoms with Crippen molar-refractivity contribution in [2.45, 2.75) is 6.42 Å². The monoisotopic (exact) mass is 232 g/mol. The van der Waals surface area contributed by atoms with Gasteiger partial charge in [0, 0.05) is 25.4 Å². The largest absolute Gasteiger partial charge is 0.382 e. The molecule has 0 unspecified atom stereocenters. The number of aromatic nitrogens is 4. The quantitative estimate of drug-likeness (QED) is 0.673. The Morgan fingerprint density at radius 3 is 2.88 bits per heavy atom. The second-order valence-electron chi connectivity index (χ2n) is 3.37. The molecular weight excluding hydrogens is 220 g/mol. The van der Waals surface area contributed by atoms with Crippen LogP contribution in [0.1, 0.15) is 16.3 Å². The van der Waals surface area contributed by atoms with E-state index in [9.17, 15) is 4.79 Å². The summed E-state index contributed by atoms with van der Waals surface area (Å²) in [4.78, 5) is 26.3. The van der Waals surface area contributed by atoms with Crippen molar-refractivity contribution >= 4 is 11.7 Å². The molecule has 7 nitrogen and oxygen atoms in total. The molecule has 0 fully saturated rings. The third-order valence-electron chi connectivity index (χ3n) is 2.11. The number of nitrogens with two attached hydrogens (primary N) is 1. The minimum Gasteiger partial charge on any atom is -0.382 e. The molecule has 0 radical (unpaired) electrons. The lowest BCUT2D eigenvalue weighted by Crippen LogP contribution is -2.27. The molecule has 17 heavy (non-hydrogen) atoms. The van der Waals surface area contributed by atoms with Gasteiger partial charge in [0.2, 0.25) is 0 Å². The SMILES string of the molecule is Nc1cnc(C(=O)NCCc2ncc[nH]2)cn1. The Morgan fingerprint density at radius 1 is 1.35 bits per heavy atom.